The molecule has 1 aliphatic heterocycles. The Labute approximate surface area is 233 Å². The third kappa shape index (κ3) is 6.68. The molecule has 3 rings (SSSR count). The maximum absolute atomic E-state index is 14.1. The van der Waals surface area contributed by atoms with Crippen LogP contribution in [0.25, 0.3) is 0 Å². The molecule has 2 amide bonds. The number of methoxy groups -OCH3 is 1. The third-order valence-corrected chi connectivity index (χ3v) is 7.52. The first-order valence-electron chi connectivity index (χ1n) is 13.3. The second-order valence-corrected chi connectivity index (χ2v) is 10.9. The van der Waals surface area contributed by atoms with Crippen molar-refractivity contribution in [3.63, 3.8) is 0 Å². The molecular formula is C29H39F3N4O4. The van der Waals surface area contributed by atoms with Gasteiger partial charge in [-0.2, -0.15) is 13.2 Å². The first-order valence-corrected chi connectivity index (χ1v) is 13.3. The van der Waals surface area contributed by atoms with Gasteiger partial charge in [-0.3, -0.25) is 9.59 Å². The van der Waals surface area contributed by atoms with Crippen molar-refractivity contribution < 1.29 is 32.6 Å². The van der Waals surface area contributed by atoms with Gasteiger partial charge in [-0.1, -0.05) is 19.1 Å². The number of rotatable bonds is 9. The number of benzene rings is 1. The summed E-state index contributed by atoms with van der Waals surface area (Å²) in [6.45, 7) is 5.33. The van der Waals surface area contributed by atoms with Crippen LogP contribution in [-0.4, -0.2) is 85.8 Å². The summed E-state index contributed by atoms with van der Waals surface area (Å²) in [4.78, 5) is 34.6. The molecule has 0 spiro atoms. The molecule has 1 saturated heterocycles. The molecule has 2 aromatic rings. The molecule has 1 aromatic heterocycles. The number of aromatic nitrogens is 1. The second-order valence-electron chi connectivity index (χ2n) is 10.9. The quantitative estimate of drug-likeness (QED) is 0.490. The van der Waals surface area contributed by atoms with Crippen molar-refractivity contribution in [2.45, 2.75) is 44.9 Å². The van der Waals surface area contributed by atoms with Gasteiger partial charge < -0.3 is 24.5 Å². The van der Waals surface area contributed by atoms with Crippen LogP contribution >= 0.6 is 0 Å². The summed E-state index contributed by atoms with van der Waals surface area (Å²) in [6.07, 6.45) is -2.74. The molecule has 40 heavy (non-hydrogen) atoms. The monoisotopic (exact) mass is 564 g/mol. The number of halogens is 3. The van der Waals surface area contributed by atoms with Gasteiger partial charge in [-0.15, -0.1) is 0 Å². The van der Waals surface area contributed by atoms with Crippen LogP contribution in [0.15, 0.2) is 36.4 Å². The number of alkyl halides is 3. The average Bonchev–Trinajstić information content (AvgIpc) is 2.91. The van der Waals surface area contributed by atoms with Crippen LogP contribution in [0, 0.1) is 18.8 Å². The average molecular weight is 565 g/mol. The molecule has 8 nitrogen and oxygen atoms in total. The van der Waals surface area contributed by atoms with Gasteiger partial charge in [0, 0.05) is 46.3 Å². The highest BCUT2D eigenvalue weighted by atomic mass is 19.4. The fourth-order valence-corrected chi connectivity index (χ4v) is 5.32. The van der Waals surface area contributed by atoms with Crippen molar-refractivity contribution in [1.82, 2.24) is 14.8 Å². The molecule has 2 heterocycles. The molecule has 0 aliphatic carbocycles. The van der Waals surface area contributed by atoms with Gasteiger partial charge in [-0.25, -0.2) is 4.98 Å². The van der Waals surface area contributed by atoms with Gasteiger partial charge in [0.25, 0.3) is 17.4 Å². The van der Waals surface area contributed by atoms with Crippen LogP contribution in [0.4, 0.5) is 19.0 Å². The number of carbonyl (C=O) groups excluding carboxylic acids is 2. The molecule has 1 aromatic carbocycles. The summed E-state index contributed by atoms with van der Waals surface area (Å²) < 4.78 is 47.2. The normalized spacial score (nSPS) is 16.7. The van der Waals surface area contributed by atoms with E-state index >= 15 is 0 Å². The first kappa shape index (κ1) is 31.2. The number of anilines is 1. The minimum absolute atomic E-state index is 0.0729. The van der Waals surface area contributed by atoms with E-state index in [0.29, 0.717) is 17.2 Å². The smallest absolute Gasteiger partial charge is 0.430 e. The molecular weight excluding hydrogens is 525 g/mol. The Morgan fingerprint density at radius 2 is 1.80 bits per heavy atom. The number of carbonyl (C=O) groups is 2. The molecule has 0 saturated carbocycles. The molecule has 0 radical (unpaired) electrons. The van der Waals surface area contributed by atoms with E-state index in [0.717, 1.165) is 55.2 Å². The zero-order valence-corrected chi connectivity index (χ0v) is 24.0. The van der Waals surface area contributed by atoms with Gasteiger partial charge >= 0.3 is 6.18 Å². The maximum atomic E-state index is 14.1. The van der Waals surface area contributed by atoms with Crippen molar-refractivity contribution in [1.29, 1.82) is 0 Å². The van der Waals surface area contributed by atoms with E-state index in [1.54, 1.807) is 20.2 Å². The number of pyridine rings is 1. The fraction of sp³-hybridized carbons (Fsp3) is 0.552. The van der Waals surface area contributed by atoms with Gasteiger partial charge in [0.05, 0.1) is 18.4 Å². The molecule has 11 heteroatoms. The summed E-state index contributed by atoms with van der Waals surface area (Å²) in [5.74, 6) is -0.333. The predicted octanol–water partition coefficient (Wildman–Crippen LogP) is 4.25. The molecule has 0 bridgehead atoms. The Morgan fingerprint density at radius 3 is 2.35 bits per heavy atom. The summed E-state index contributed by atoms with van der Waals surface area (Å²) in [7, 11) is 5.99. The Bertz CT molecular complexity index is 1200. The number of aliphatic hydroxyl groups is 1. The lowest BCUT2D eigenvalue weighted by atomic mass is 9.87. The number of hydrogen-bond donors (Lipinski definition) is 1. The van der Waals surface area contributed by atoms with E-state index in [4.69, 9.17) is 4.74 Å². The Kier molecular flexibility index (Phi) is 9.71. The number of ether oxygens (including phenoxy) is 1. The summed E-state index contributed by atoms with van der Waals surface area (Å²) >= 11 is 0. The highest BCUT2D eigenvalue weighted by Gasteiger charge is 2.61. The van der Waals surface area contributed by atoms with E-state index in [2.05, 4.69) is 9.88 Å². The zero-order valence-electron chi connectivity index (χ0n) is 24.0. The minimum atomic E-state index is -5.22. The van der Waals surface area contributed by atoms with Crippen molar-refractivity contribution in [2.24, 2.45) is 11.8 Å². The topological polar surface area (TPSA) is 86.2 Å². The van der Waals surface area contributed by atoms with Crippen molar-refractivity contribution in [3.8, 4) is 5.75 Å². The predicted molar refractivity (Wildman–Crippen MR) is 146 cm³/mol. The van der Waals surface area contributed by atoms with Crippen LogP contribution in [0.2, 0.25) is 0 Å². The van der Waals surface area contributed by atoms with E-state index < -0.39 is 23.2 Å². The molecule has 1 aliphatic rings. The number of amides is 2. The van der Waals surface area contributed by atoms with Gasteiger partial charge in [0.1, 0.15) is 11.6 Å². The van der Waals surface area contributed by atoms with E-state index in [-0.39, 0.29) is 24.1 Å². The first-order chi connectivity index (χ1) is 18.7. The standard InChI is InChI=1S/C29H39F3N4O4/c1-19(18-35(5)27(38)28(39,29(30,31)32)22-8-7-9-23(17-22)40-6)16-21-12-14-36(15-13-21)25-11-10-24(20(2)33-25)26(37)34(3)4/h7-11,17,19,21,39H,12-16,18H2,1-6H3/t19-,28-/m1/s1. The maximum Gasteiger partial charge on any atom is 0.430 e. The van der Waals surface area contributed by atoms with Crippen LogP contribution < -0.4 is 9.64 Å². The minimum Gasteiger partial charge on any atom is -0.497 e. The van der Waals surface area contributed by atoms with Gasteiger partial charge in [0.2, 0.25) is 0 Å². The molecule has 220 valence electrons. The number of likely N-dealkylation sites (N-methyl/N-ethyl adjacent to an activating group) is 1. The summed E-state index contributed by atoms with van der Waals surface area (Å²) in [5, 5.41) is 10.7. The summed E-state index contributed by atoms with van der Waals surface area (Å²) in [5.41, 5.74) is -3.02. The van der Waals surface area contributed by atoms with E-state index in [1.165, 1.54) is 31.2 Å². The Morgan fingerprint density at radius 1 is 1.15 bits per heavy atom. The zero-order chi connectivity index (χ0) is 29.8. The van der Waals surface area contributed by atoms with E-state index in [1.807, 2.05) is 19.9 Å². The lowest BCUT2D eigenvalue weighted by Crippen LogP contribution is -2.55. The summed E-state index contributed by atoms with van der Waals surface area (Å²) in [6, 6.07) is 8.51. The number of aryl methyl sites for hydroxylation is 1. The highest BCUT2D eigenvalue weighted by molar-refractivity contribution is 5.95. The van der Waals surface area contributed by atoms with Crippen LogP contribution in [0.3, 0.4) is 0 Å². The third-order valence-electron chi connectivity index (χ3n) is 7.52. The van der Waals surface area contributed by atoms with Gasteiger partial charge in [-0.05, 0) is 62.3 Å². The number of piperidine rings is 1. The second kappa shape index (κ2) is 12.4. The van der Waals surface area contributed by atoms with Crippen molar-refractivity contribution in [3.05, 3.63) is 53.2 Å². The lowest BCUT2D eigenvalue weighted by Gasteiger charge is -2.36. The molecule has 2 atom stereocenters. The number of nitrogens with zero attached hydrogens (tertiary/aromatic N) is 4. The lowest BCUT2D eigenvalue weighted by molar-refractivity contribution is -0.261. The molecule has 1 N–H and O–H groups in total. The molecule has 1 fully saturated rings. The number of hydrogen-bond acceptors (Lipinski definition) is 6. The van der Waals surface area contributed by atoms with E-state index in [9.17, 15) is 27.9 Å². The Balaban J connectivity index is 1.60. The van der Waals surface area contributed by atoms with Crippen LogP contribution in [0.1, 0.15) is 47.8 Å². The largest absolute Gasteiger partial charge is 0.497 e. The molecule has 0 unspecified atom stereocenters. The van der Waals surface area contributed by atoms with Crippen LogP contribution in [0.5, 0.6) is 5.75 Å². The van der Waals surface area contributed by atoms with Crippen LogP contribution in [-0.2, 0) is 10.4 Å². The van der Waals surface area contributed by atoms with Crippen molar-refractivity contribution >= 4 is 17.6 Å². The Hall–Kier alpha value is -3.34. The SMILES string of the molecule is COc1cccc([C@@](O)(C(=O)N(C)C[C@H](C)CC2CCN(c3ccc(C(=O)N(C)C)c(C)n3)CC2)C(F)(F)F)c1. The highest BCUT2D eigenvalue weighted by Crippen LogP contribution is 2.41. The van der Waals surface area contributed by atoms with Gasteiger partial charge in [0.15, 0.2) is 0 Å². The fourth-order valence-electron chi connectivity index (χ4n) is 5.32. The van der Waals surface area contributed by atoms with Crippen molar-refractivity contribution in [2.75, 3.05) is 52.8 Å².